The van der Waals surface area contributed by atoms with Crippen molar-refractivity contribution < 1.29 is 14.3 Å². The zero-order valence-electron chi connectivity index (χ0n) is 12.3. The second kappa shape index (κ2) is 5.84. The molecule has 1 aliphatic heterocycles. The lowest BCUT2D eigenvalue weighted by molar-refractivity contribution is -0.144. The fourth-order valence-corrected chi connectivity index (χ4v) is 4.25. The number of piperidine rings is 1. The predicted octanol–water partition coefficient (Wildman–Crippen LogP) is 2.02. The van der Waals surface area contributed by atoms with Gasteiger partial charge in [-0.2, -0.15) is 0 Å². The molecule has 20 heavy (non-hydrogen) atoms. The van der Waals surface area contributed by atoms with Crippen LogP contribution in [-0.2, 0) is 14.3 Å². The smallest absolute Gasteiger partial charge is 0.225 e. The van der Waals surface area contributed by atoms with Crippen molar-refractivity contribution >= 4 is 11.7 Å². The van der Waals surface area contributed by atoms with Gasteiger partial charge in [-0.25, -0.2) is 0 Å². The fraction of sp³-hybridized carbons (Fsp3) is 0.875. The SMILES string of the molecule is COC1CCN(C(=O)C2CC3CCCC(C2)C3=O)CC1. The van der Waals surface area contributed by atoms with Crippen LogP contribution in [0.2, 0.25) is 0 Å². The van der Waals surface area contributed by atoms with E-state index in [1.807, 2.05) is 4.90 Å². The molecule has 3 fully saturated rings. The fourth-order valence-electron chi connectivity index (χ4n) is 4.25. The summed E-state index contributed by atoms with van der Waals surface area (Å²) in [4.78, 5) is 26.8. The number of amides is 1. The maximum absolute atomic E-state index is 12.7. The van der Waals surface area contributed by atoms with Gasteiger partial charge in [0.25, 0.3) is 0 Å². The first-order valence-electron chi connectivity index (χ1n) is 8.04. The second-order valence-electron chi connectivity index (χ2n) is 6.66. The Bertz CT molecular complexity index is 371. The Labute approximate surface area is 120 Å². The maximum atomic E-state index is 12.7. The molecule has 2 aliphatic carbocycles. The lowest BCUT2D eigenvalue weighted by Gasteiger charge is -2.40. The first-order chi connectivity index (χ1) is 9.69. The van der Waals surface area contributed by atoms with E-state index in [4.69, 9.17) is 4.74 Å². The van der Waals surface area contributed by atoms with Crippen molar-refractivity contribution in [1.29, 1.82) is 0 Å². The molecular formula is C16H25NO3. The van der Waals surface area contributed by atoms with Crippen LogP contribution < -0.4 is 0 Å². The van der Waals surface area contributed by atoms with Gasteiger partial charge in [-0.3, -0.25) is 9.59 Å². The molecule has 0 spiro atoms. The highest BCUT2D eigenvalue weighted by Crippen LogP contribution is 2.40. The van der Waals surface area contributed by atoms with Gasteiger partial charge in [0.2, 0.25) is 5.91 Å². The second-order valence-corrected chi connectivity index (χ2v) is 6.66. The number of rotatable bonds is 2. The molecule has 2 atom stereocenters. The monoisotopic (exact) mass is 279 g/mol. The van der Waals surface area contributed by atoms with E-state index in [1.54, 1.807) is 7.11 Å². The van der Waals surface area contributed by atoms with E-state index in [0.29, 0.717) is 17.8 Å². The number of likely N-dealkylation sites (tertiary alicyclic amines) is 1. The minimum atomic E-state index is 0.0992. The molecule has 1 heterocycles. The summed E-state index contributed by atoms with van der Waals surface area (Å²) in [6.07, 6.45) is 6.99. The summed E-state index contributed by atoms with van der Waals surface area (Å²) in [6.45, 7) is 1.63. The molecule has 4 nitrogen and oxygen atoms in total. The van der Waals surface area contributed by atoms with Gasteiger partial charge in [-0.05, 0) is 38.5 Å². The molecule has 2 bridgehead atoms. The van der Waals surface area contributed by atoms with Crippen LogP contribution in [0.25, 0.3) is 0 Å². The molecule has 2 unspecified atom stereocenters. The summed E-state index contributed by atoms with van der Waals surface area (Å²) in [5, 5.41) is 0. The first-order valence-corrected chi connectivity index (χ1v) is 8.04. The Morgan fingerprint density at radius 1 is 1.10 bits per heavy atom. The van der Waals surface area contributed by atoms with Crippen LogP contribution in [0.3, 0.4) is 0 Å². The number of ether oxygens (including phenoxy) is 1. The molecule has 4 heteroatoms. The molecule has 0 N–H and O–H groups in total. The number of Topliss-reactive ketones (excluding diaryl/α,β-unsaturated/α-hetero) is 1. The Balaban J connectivity index is 1.59. The van der Waals surface area contributed by atoms with Crippen LogP contribution in [0.5, 0.6) is 0 Å². The Morgan fingerprint density at radius 3 is 2.25 bits per heavy atom. The molecule has 0 aromatic rings. The zero-order valence-corrected chi connectivity index (χ0v) is 12.3. The Morgan fingerprint density at radius 2 is 1.70 bits per heavy atom. The third-order valence-corrected chi connectivity index (χ3v) is 5.48. The van der Waals surface area contributed by atoms with E-state index in [-0.39, 0.29) is 17.8 Å². The molecule has 3 rings (SSSR count). The molecule has 0 radical (unpaired) electrons. The lowest BCUT2D eigenvalue weighted by Crippen LogP contribution is -2.47. The highest BCUT2D eigenvalue weighted by Gasteiger charge is 2.42. The molecule has 0 aromatic carbocycles. The molecular weight excluding hydrogens is 254 g/mol. The highest BCUT2D eigenvalue weighted by molar-refractivity contribution is 5.88. The van der Waals surface area contributed by atoms with Crippen molar-refractivity contribution in [3.63, 3.8) is 0 Å². The Kier molecular flexibility index (Phi) is 4.11. The maximum Gasteiger partial charge on any atom is 0.225 e. The summed E-state index contributed by atoms with van der Waals surface area (Å²) in [5.74, 6) is 1.19. The number of hydrogen-bond acceptors (Lipinski definition) is 3. The number of ketones is 1. The number of carbonyl (C=O) groups excluding carboxylic acids is 2. The first kappa shape index (κ1) is 14.1. The van der Waals surface area contributed by atoms with Crippen LogP contribution in [-0.4, -0.2) is 42.9 Å². The van der Waals surface area contributed by atoms with Gasteiger partial charge < -0.3 is 9.64 Å². The third-order valence-electron chi connectivity index (χ3n) is 5.48. The molecule has 0 aromatic heterocycles. The number of hydrogen-bond donors (Lipinski definition) is 0. The summed E-state index contributed by atoms with van der Waals surface area (Å²) in [6, 6.07) is 0. The van der Waals surface area contributed by atoms with E-state index in [0.717, 1.165) is 51.6 Å². The van der Waals surface area contributed by atoms with Crippen LogP contribution in [0.4, 0.5) is 0 Å². The van der Waals surface area contributed by atoms with Crippen LogP contribution in [0, 0.1) is 17.8 Å². The van der Waals surface area contributed by atoms with Gasteiger partial charge >= 0.3 is 0 Å². The van der Waals surface area contributed by atoms with E-state index < -0.39 is 0 Å². The van der Waals surface area contributed by atoms with Crippen molar-refractivity contribution in [2.45, 2.75) is 51.0 Å². The van der Waals surface area contributed by atoms with Crippen LogP contribution in [0.1, 0.15) is 44.9 Å². The average Bonchev–Trinajstić information content (AvgIpc) is 2.46. The van der Waals surface area contributed by atoms with E-state index in [1.165, 1.54) is 6.42 Å². The number of fused-ring (bicyclic) bond motifs is 2. The summed E-state index contributed by atoms with van der Waals surface area (Å²) in [7, 11) is 1.75. The quantitative estimate of drug-likeness (QED) is 0.777. The summed E-state index contributed by atoms with van der Waals surface area (Å²) in [5.41, 5.74) is 0. The number of methoxy groups -OCH3 is 1. The van der Waals surface area contributed by atoms with E-state index in [9.17, 15) is 9.59 Å². The highest BCUT2D eigenvalue weighted by atomic mass is 16.5. The predicted molar refractivity (Wildman–Crippen MR) is 75.2 cm³/mol. The van der Waals surface area contributed by atoms with Crippen molar-refractivity contribution in [3.8, 4) is 0 Å². The Hall–Kier alpha value is -0.900. The van der Waals surface area contributed by atoms with Gasteiger partial charge in [-0.15, -0.1) is 0 Å². The van der Waals surface area contributed by atoms with Crippen molar-refractivity contribution in [1.82, 2.24) is 4.90 Å². The van der Waals surface area contributed by atoms with E-state index >= 15 is 0 Å². The minimum absolute atomic E-state index is 0.0992. The zero-order chi connectivity index (χ0) is 14.1. The van der Waals surface area contributed by atoms with Gasteiger partial charge in [0.1, 0.15) is 5.78 Å². The van der Waals surface area contributed by atoms with Crippen molar-refractivity contribution in [2.24, 2.45) is 17.8 Å². The minimum Gasteiger partial charge on any atom is -0.381 e. The molecule has 112 valence electrons. The largest absolute Gasteiger partial charge is 0.381 e. The molecule has 1 saturated heterocycles. The molecule has 2 saturated carbocycles. The van der Waals surface area contributed by atoms with Crippen molar-refractivity contribution in [2.75, 3.05) is 20.2 Å². The van der Waals surface area contributed by atoms with Crippen LogP contribution in [0.15, 0.2) is 0 Å². The summed E-state index contributed by atoms with van der Waals surface area (Å²) >= 11 is 0. The van der Waals surface area contributed by atoms with E-state index in [2.05, 4.69) is 0 Å². The topological polar surface area (TPSA) is 46.6 Å². The third kappa shape index (κ3) is 2.62. The number of nitrogens with zero attached hydrogens (tertiary/aromatic N) is 1. The number of carbonyl (C=O) groups is 2. The van der Waals surface area contributed by atoms with Gasteiger partial charge in [0.15, 0.2) is 0 Å². The normalized spacial score (nSPS) is 35.1. The standard InChI is InChI=1S/C16H25NO3/c1-20-14-5-7-17(8-6-14)16(19)13-9-11-3-2-4-12(10-13)15(11)18/h11-14H,2-10H2,1H3. The average molecular weight is 279 g/mol. The summed E-state index contributed by atoms with van der Waals surface area (Å²) < 4.78 is 5.36. The van der Waals surface area contributed by atoms with Crippen LogP contribution >= 0.6 is 0 Å². The molecule has 3 aliphatic rings. The molecule has 1 amide bonds. The van der Waals surface area contributed by atoms with Gasteiger partial charge in [-0.1, -0.05) is 6.42 Å². The van der Waals surface area contributed by atoms with Gasteiger partial charge in [0.05, 0.1) is 6.10 Å². The van der Waals surface area contributed by atoms with Gasteiger partial charge in [0, 0.05) is 38.0 Å². The van der Waals surface area contributed by atoms with Crippen molar-refractivity contribution in [3.05, 3.63) is 0 Å². The lowest BCUT2D eigenvalue weighted by atomic mass is 9.67.